The van der Waals surface area contributed by atoms with Gasteiger partial charge in [-0.25, -0.2) is 9.67 Å². The van der Waals surface area contributed by atoms with Crippen LogP contribution in [0.15, 0.2) is 28.2 Å². The Balaban J connectivity index is 2.16. The summed E-state index contributed by atoms with van der Waals surface area (Å²) in [6, 6.07) is 4.44. The average molecular weight is 322 g/mol. The molecule has 2 aromatic heterocycles. The second kappa shape index (κ2) is 7.03. The molecule has 0 N–H and O–H groups in total. The maximum absolute atomic E-state index is 11.3. The first kappa shape index (κ1) is 16.0. The molecule has 0 bridgehead atoms. The van der Waals surface area contributed by atoms with Gasteiger partial charge in [-0.3, -0.25) is 9.59 Å². The van der Waals surface area contributed by atoms with Crippen LogP contribution in [0.1, 0.15) is 5.69 Å². The fraction of sp³-hybridized carbons (Fsp3) is 0.308. The highest BCUT2D eigenvalue weighted by molar-refractivity contribution is 7.99. The Hall–Kier alpha value is -2.42. The van der Waals surface area contributed by atoms with Crippen LogP contribution in [0.25, 0.3) is 0 Å². The third-order valence-electron chi connectivity index (χ3n) is 2.50. The Labute approximate surface area is 130 Å². The minimum Gasteiger partial charge on any atom is -0.468 e. The molecule has 22 heavy (non-hydrogen) atoms. The summed E-state index contributed by atoms with van der Waals surface area (Å²) >= 11 is 1.15. The molecular weight excluding hydrogens is 308 g/mol. The molecule has 0 aliphatic heterocycles. The summed E-state index contributed by atoms with van der Waals surface area (Å²) in [5, 5.41) is 4.35. The lowest BCUT2D eigenvalue weighted by Crippen LogP contribution is -2.18. The Bertz CT molecular complexity index is 747. The number of methoxy groups -OCH3 is 1. The van der Waals surface area contributed by atoms with Gasteiger partial charge in [0.15, 0.2) is 5.16 Å². The van der Waals surface area contributed by atoms with E-state index in [1.165, 1.54) is 26.3 Å². The van der Waals surface area contributed by atoms with E-state index in [0.29, 0.717) is 10.9 Å². The number of carbonyl (C=O) groups is 1. The van der Waals surface area contributed by atoms with E-state index in [1.807, 2.05) is 0 Å². The second-order valence-corrected chi connectivity index (χ2v) is 5.17. The first-order chi connectivity index (χ1) is 10.5. The first-order valence-corrected chi connectivity index (χ1v) is 7.24. The average Bonchev–Trinajstić information content (AvgIpc) is 2.48. The van der Waals surface area contributed by atoms with Gasteiger partial charge in [0.25, 0.3) is 5.56 Å². The van der Waals surface area contributed by atoms with Crippen LogP contribution in [-0.2, 0) is 16.6 Å². The van der Waals surface area contributed by atoms with Crippen molar-refractivity contribution in [1.82, 2.24) is 19.7 Å². The lowest BCUT2D eigenvalue weighted by atomic mass is 10.4. The fourth-order valence-electron chi connectivity index (χ4n) is 1.46. The van der Waals surface area contributed by atoms with Gasteiger partial charge in [-0.15, -0.1) is 5.10 Å². The molecule has 0 saturated heterocycles. The molecule has 0 aromatic carbocycles. The van der Waals surface area contributed by atoms with E-state index < -0.39 is 0 Å². The molecule has 2 aromatic rings. The molecule has 0 spiro atoms. The summed E-state index contributed by atoms with van der Waals surface area (Å²) in [6.45, 7) is 1.78. The van der Waals surface area contributed by atoms with Crippen LogP contribution in [0.4, 0.5) is 0 Å². The summed E-state index contributed by atoms with van der Waals surface area (Å²) < 4.78 is 11.2. The molecule has 0 atom stereocenters. The van der Waals surface area contributed by atoms with Gasteiger partial charge in [0.05, 0.1) is 12.9 Å². The quantitative estimate of drug-likeness (QED) is 0.456. The maximum atomic E-state index is 11.3. The number of nitrogens with zero attached hydrogens (tertiary/aromatic N) is 4. The zero-order chi connectivity index (χ0) is 16.1. The van der Waals surface area contributed by atoms with Crippen molar-refractivity contribution in [2.75, 3.05) is 12.9 Å². The second-order valence-electron chi connectivity index (χ2n) is 4.23. The van der Waals surface area contributed by atoms with Crippen LogP contribution < -0.4 is 10.3 Å². The van der Waals surface area contributed by atoms with E-state index in [-0.39, 0.29) is 29.0 Å². The summed E-state index contributed by atoms with van der Waals surface area (Å²) in [7, 11) is 2.85. The molecule has 0 saturated carbocycles. The van der Waals surface area contributed by atoms with E-state index in [0.717, 1.165) is 16.4 Å². The van der Waals surface area contributed by atoms with Crippen LogP contribution >= 0.6 is 11.8 Å². The van der Waals surface area contributed by atoms with Crippen molar-refractivity contribution in [3.63, 3.8) is 0 Å². The van der Waals surface area contributed by atoms with Crippen molar-refractivity contribution in [2.45, 2.75) is 12.1 Å². The molecule has 9 heteroatoms. The molecule has 8 nitrogen and oxygen atoms in total. The standard InChI is InChI=1S/C13H14N4O4S/c1-8-6-10(15-13(14-8)22-7-12(19)20-3)21-9-4-5-11(18)17(2)16-9/h4-6H,7H2,1-3H3. The van der Waals surface area contributed by atoms with Gasteiger partial charge in [0.1, 0.15) is 0 Å². The number of aryl methyl sites for hydroxylation is 2. The van der Waals surface area contributed by atoms with Gasteiger partial charge in [-0.1, -0.05) is 11.8 Å². The lowest BCUT2D eigenvalue weighted by molar-refractivity contribution is -0.137. The molecule has 0 unspecified atom stereocenters. The smallest absolute Gasteiger partial charge is 0.316 e. The highest BCUT2D eigenvalue weighted by Gasteiger charge is 2.09. The van der Waals surface area contributed by atoms with Crippen molar-refractivity contribution < 1.29 is 14.3 Å². The Morgan fingerprint density at radius 2 is 2.09 bits per heavy atom. The van der Waals surface area contributed by atoms with E-state index in [1.54, 1.807) is 13.0 Å². The number of esters is 1. The zero-order valence-corrected chi connectivity index (χ0v) is 13.1. The first-order valence-electron chi connectivity index (χ1n) is 6.25. The maximum Gasteiger partial charge on any atom is 0.316 e. The third-order valence-corrected chi connectivity index (χ3v) is 3.32. The van der Waals surface area contributed by atoms with Gasteiger partial charge in [-0.05, 0) is 6.92 Å². The van der Waals surface area contributed by atoms with Crippen molar-refractivity contribution in [3.05, 3.63) is 34.2 Å². The normalized spacial score (nSPS) is 10.3. The Kier molecular flexibility index (Phi) is 5.10. The number of carbonyl (C=O) groups excluding carboxylic acids is 1. The van der Waals surface area contributed by atoms with Crippen molar-refractivity contribution in [2.24, 2.45) is 7.05 Å². The number of hydrogen-bond donors (Lipinski definition) is 0. The number of ether oxygens (including phenoxy) is 2. The molecule has 2 heterocycles. The van der Waals surface area contributed by atoms with E-state index in [4.69, 9.17) is 4.74 Å². The minimum absolute atomic E-state index is 0.109. The monoisotopic (exact) mass is 322 g/mol. The summed E-state index contributed by atoms with van der Waals surface area (Å²) in [5.41, 5.74) is 0.447. The molecule has 0 amide bonds. The van der Waals surface area contributed by atoms with E-state index >= 15 is 0 Å². The number of hydrogen-bond acceptors (Lipinski definition) is 8. The highest BCUT2D eigenvalue weighted by Crippen LogP contribution is 2.21. The number of thioether (sulfide) groups is 1. The molecule has 0 aliphatic rings. The molecular formula is C13H14N4O4S. The van der Waals surface area contributed by atoms with E-state index in [9.17, 15) is 9.59 Å². The van der Waals surface area contributed by atoms with Gasteiger partial charge in [-0.2, -0.15) is 4.98 Å². The number of rotatable bonds is 5. The molecule has 116 valence electrons. The topological polar surface area (TPSA) is 96.2 Å². The molecule has 0 aliphatic carbocycles. The van der Waals surface area contributed by atoms with Gasteiger partial charge >= 0.3 is 5.97 Å². The Morgan fingerprint density at radius 1 is 1.32 bits per heavy atom. The van der Waals surface area contributed by atoms with Crippen LogP contribution in [0.5, 0.6) is 11.8 Å². The van der Waals surface area contributed by atoms with Crippen LogP contribution in [0.2, 0.25) is 0 Å². The van der Waals surface area contributed by atoms with Gasteiger partial charge in [0.2, 0.25) is 11.8 Å². The molecule has 2 rings (SSSR count). The van der Waals surface area contributed by atoms with Crippen molar-refractivity contribution >= 4 is 17.7 Å². The van der Waals surface area contributed by atoms with Crippen molar-refractivity contribution in [3.8, 4) is 11.8 Å². The van der Waals surface area contributed by atoms with Gasteiger partial charge in [0, 0.05) is 30.9 Å². The third kappa shape index (κ3) is 4.29. The molecule has 0 fully saturated rings. The van der Waals surface area contributed by atoms with E-state index in [2.05, 4.69) is 19.8 Å². The Morgan fingerprint density at radius 3 is 2.77 bits per heavy atom. The molecule has 0 radical (unpaired) electrons. The summed E-state index contributed by atoms with van der Waals surface area (Å²) in [4.78, 5) is 30.8. The van der Waals surface area contributed by atoms with Crippen LogP contribution in [0.3, 0.4) is 0 Å². The summed E-state index contributed by atoms with van der Waals surface area (Å²) in [6.07, 6.45) is 0. The van der Waals surface area contributed by atoms with Gasteiger partial charge < -0.3 is 9.47 Å². The largest absolute Gasteiger partial charge is 0.468 e. The predicted molar refractivity (Wildman–Crippen MR) is 79.1 cm³/mol. The number of aromatic nitrogens is 4. The van der Waals surface area contributed by atoms with Crippen LogP contribution in [0, 0.1) is 6.92 Å². The minimum atomic E-state index is -0.364. The van der Waals surface area contributed by atoms with Crippen molar-refractivity contribution in [1.29, 1.82) is 0 Å². The zero-order valence-electron chi connectivity index (χ0n) is 12.3. The SMILES string of the molecule is COC(=O)CSc1nc(C)cc(Oc2ccc(=O)n(C)n2)n1. The lowest BCUT2D eigenvalue weighted by Gasteiger charge is -2.07. The predicted octanol–water partition coefficient (Wildman–Crippen LogP) is 0.936. The summed E-state index contributed by atoms with van der Waals surface area (Å²) in [5.74, 6) is 0.268. The fourth-order valence-corrected chi connectivity index (χ4v) is 2.18. The highest BCUT2D eigenvalue weighted by atomic mass is 32.2. The van der Waals surface area contributed by atoms with Crippen LogP contribution in [-0.4, -0.2) is 38.6 Å².